The highest BCUT2D eigenvalue weighted by Crippen LogP contribution is 2.20. The summed E-state index contributed by atoms with van der Waals surface area (Å²) in [6.45, 7) is 3.29. The van der Waals surface area contributed by atoms with Gasteiger partial charge in [0, 0.05) is 6.54 Å². The summed E-state index contributed by atoms with van der Waals surface area (Å²) in [6, 6.07) is 7.45. The van der Waals surface area contributed by atoms with Gasteiger partial charge in [-0.3, -0.25) is 0 Å². The predicted molar refractivity (Wildman–Crippen MR) is 71.4 cm³/mol. The van der Waals surface area contributed by atoms with Crippen molar-refractivity contribution in [3.05, 3.63) is 29.3 Å². The third kappa shape index (κ3) is 3.33. The molecular formula is C12H15N3O2S. The Morgan fingerprint density at radius 3 is 2.56 bits per heavy atom. The number of hydrogen-bond donors (Lipinski definition) is 1. The molecule has 0 fully saturated rings. The summed E-state index contributed by atoms with van der Waals surface area (Å²) in [4.78, 5) is 0. The van der Waals surface area contributed by atoms with Crippen LogP contribution in [0.5, 0.6) is 11.5 Å². The number of nitrogens with one attached hydrogen (secondary N) is 1. The maximum absolute atomic E-state index is 5.61. The predicted octanol–water partition coefficient (Wildman–Crippen LogP) is 2.56. The summed E-state index contributed by atoms with van der Waals surface area (Å²) in [6.07, 6.45) is 0. The van der Waals surface area contributed by atoms with Crippen LogP contribution in [0, 0.1) is 0 Å². The van der Waals surface area contributed by atoms with Gasteiger partial charge in [-0.1, -0.05) is 11.3 Å². The van der Waals surface area contributed by atoms with Crippen LogP contribution in [0.1, 0.15) is 11.9 Å². The minimum absolute atomic E-state index is 0.426. The molecule has 2 aromatic rings. The standard InChI is InChI=1S/C12H15N3O2S/c1-3-13-12-15-14-11(18-12)8-17-10-6-4-9(16-2)5-7-10/h4-7H,3,8H2,1-2H3,(H,13,15). The number of methoxy groups -OCH3 is 1. The largest absolute Gasteiger partial charge is 0.497 e. The van der Waals surface area contributed by atoms with Crippen LogP contribution in [0.2, 0.25) is 0 Å². The number of anilines is 1. The molecule has 5 nitrogen and oxygen atoms in total. The van der Waals surface area contributed by atoms with Crippen molar-refractivity contribution in [2.75, 3.05) is 19.0 Å². The van der Waals surface area contributed by atoms with Gasteiger partial charge in [0.05, 0.1) is 7.11 Å². The first-order chi connectivity index (χ1) is 8.81. The summed E-state index contributed by atoms with van der Waals surface area (Å²) >= 11 is 1.50. The Kier molecular flexibility index (Phi) is 4.35. The van der Waals surface area contributed by atoms with Crippen LogP contribution >= 0.6 is 11.3 Å². The van der Waals surface area contributed by atoms with Crippen molar-refractivity contribution in [1.29, 1.82) is 0 Å². The van der Waals surface area contributed by atoms with Crippen molar-refractivity contribution in [3.8, 4) is 11.5 Å². The van der Waals surface area contributed by atoms with Crippen molar-refractivity contribution in [2.45, 2.75) is 13.5 Å². The summed E-state index contributed by atoms with van der Waals surface area (Å²) < 4.78 is 10.7. The maximum atomic E-state index is 5.61. The fourth-order valence-corrected chi connectivity index (χ4v) is 2.07. The molecule has 0 atom stereocenters. The first kappa shape index (κ1) is 12.6. The van der Waals surface area contributed by atoms with E-state index >= 15 is 0 Å². The van der Waals surface area contributed by atoms with Crippen molar-refractivity contribution in [3.63, 3.8) is 0 Å². The van der Waals surface area contributed by atoms with Crippen molar-refractivity contribution in [1.82, 2.24) is 10.2 Å². The smallest absolute Gasteiger partial charge is 0.205 e. The second kappa shape index (κ2) is 6.20. The van der Waals surface area contributed by atoms with Crippen LogP contribution in [0.4, 0.5) is 5.13 Å². The fraction of sp³-hybridized carbons (Fsp3) is 0.333. The van der Waals surface area contributed by atoms with Gasteiger partial charge in [-0.25, -0.2) is 0 Å². The topological polar surface area (TPSA) is 56.3 Å². The van der Waals surface area contributed by atoms with E-state index in [1.54, 1.807) is 7.11 Å². The van der Waals surface area contributed by atoms with Crippen LogP contribution in [0.15, 0.2) is 24.3 Å². The van der Waals surface area contributed by atoms with Crippen LogP contribution in [0.3, 0.4) is 0 Å². The van der Waals surface area contributed by atoms with Gasteiger partial charge in [0.25, 0.3) is 0 Å². The minimum atomic E-state index is 0.426. The third-order valence-electron chi connectivity index (χ3n) is 2.22. The molecule has 0 aliphatic rings. The number of hydrogen-bond acceptors (Lipinski definition) is 6. The number of benzene rings is 1. The van der Waals surface area contributed by atoms with Crippen LogP contribution in [-0.2, 0) is 6.61 Å². The lowest BCUT2D eigenvalue weighted by molar-refractivity contribution is 0.304. The Morgan fingerprint density at radius 1 is 1.17 bits per heavy atom. The zero-order valence-electron chi connectivity index (χ0n) is 10.3. The van der Waals surface area contributed by atoms with E-state index in [2.05, 4.69) is 15.5 Å². The van der Waals surface area contributed by atoms with Gasteiger partial charge in [-0.05, 0) is 31.2 Å². The molecule has 0 saturated carbocycles. The lowest BCUT2D eigenvalue weighted by Crippen LogP contribution is -1.94. The molecule has 18 heavy (non-hydrogen) atoms. The second-order valence-corrected chi connectivity index (χ2v) is 4.56. The molecule has 0 aliphatic carbocycles. The fourth-order valence-electron chi connectivity index (χ4n) is 1.35. The van der Waals surface area contributed by atoms with E-state index in [4.69, 9.17) is 9.47 Å². The first-order valence-electron chi connectivity index (χ1n) is 5.65. The molecule has 0 amide bonds. The number of nitrogens with zero attached hydrogens (tertiary/aromatic N) is 2. The van der Waals surface area contributed by atoms with E-state index in [1.807, 2.05) is 31.2 Å². The van der Waals surface area contributed by atoms with Crippen molar-refractivity contribution >= 4 is 16.5 Å². The van der Waals surface area contributed by atoms with Gasteiger partial charge in [0.1, 0.15) is 18.1 Å². The van der Waals surface area contributed by atoms with E-state index in [0.29, 0.717) is 6.61 Å². The summed E-state index contributed by atoms with van der Waals surface area (Å²) in [5.41, 5.74) is 0. The van der Waals surface area contributed by atoms with Gasteiger partial charge in [-0.2, -0.15) is 0 Å². The van der Waals surface area contributed by atoms with E-state index in [0.717, 1.165) is 28.2 Å². The normalized spacial score (nSPS) is 10.1. The first-order valence-corrected chi connectivity index (χ1v) is 6.46. The Bertz CT molecular complexity index is 484. The van der Waals surface area contributed by atoms with Gasteiger partial charge < -0.3 is 14.8 Å². The molecule has 1 aromatic heterocycles. The van der Waals surface area contributed by atoms with Gasteiger partial charge in [-0.15, -0.1) is 10.2 Å². The Hall–Kier alpha value is -1.82. The van der Waals surface area contributed by atoms with E-state index in [1.165, 1.54) is 11.3 Å². The highest BCUT2D eigenvalue weighted by molar-refractivity contribution is 7.15. The minimum Gasteiger partial charge on any atom is -0.497 e. The molecule has 0 aliphatic heterocycles. The lowest BCUT2D eigenvalue weighted by Gasteiger charge is -2.04. The molecule has 1 N–H and O–H groups in total. The Labute approximate surface area is 110 Å². The molecule has 96 valence electrons. The quantitative estimate of drug-likeness (QED) is 0.870. The second-order valence-electron chi connectivity index (χ2n) is 3.50. The molecule has 1 heterocycles. The monoisotopic (exact) mass is 265 g/mol. The molecule has 0 radical (unpaired) electrons. The van der Waals surface area contributed by atoms with Crippen LogP contribution in [0.25, 0.3) is 0 Å². The van der Waals surface area contributed by atoms with E-state index < -0.39 is 0 Å². The van der Waals surface area contributed by atoms with Crippen molar-refractivity contribution < 1.29 is 9.47 Å². The molecule has 2 rings (SSSR count). The number of rotatable bonds is 6. The molecule has 0 saturated heterocycles. The summed E-state index contributed by atoms with van der Waals surface area (Å²) in [7, 11) is 1.64. The van der Waals surface area contributed by atoms with Crippen molar-refractivity contribution in [2.24, 2.45) is 0 Å². The van der Waals surface area contributed by atoms with Crippen LogP contribution in [-0.4, -0.2) is 23.9 Å². The lowest BCUT2D eigenvalue weighted by atomic mass is 10.3. The molecule has 1 aromatic carbocycles. The highest BCUT2D eigenvalue weighted by Gasteiger charge is 2.04. The number of ether oxygens (including phenoxy) is 2. The zero-order valence-corrected chi connectivity index (χ0v) is 11.2. The summed E-state index contributed by atoms with van der Waals surface area (Å²) in [5, 5.41) is 12.8. The molecule has 6 heteroatoms. The van der Waals surface area contributed by atoms with Gasteiger partial charge >= 0.3 is 0 Å². The third-order valence-corrected chi connectivity index (χ3v) is 3.07. The van der Waals surface area contributed by atoms with Gasteiger partial charge in [0.15, 0.2) is 5.01 Å². The number of aromatic nitrogens is 2. The van der Waals surface area contributed by atoms with Gasteiger partial charge in [0.2, 0.25) is 5.13 Å². The molecular weight excluding hydrogens is 250 g/mol. The highest BCUT2D eigenvalue weighted by atomic mass is 32.1. The Balaban J connectivity index is 1.89. The van der Waals surface area contributed by atoms with E-state index in [-0.39, 0.29) is 0 Å². The van der Waals surface area contributed by atoms with E-state index in [9.17, 15) is 0 Å². The summed E-state index contributed by atoms with van der Waals surface area (Å²) in [5.74, 6) is 1.60. The average Bonchev–Trinajstić information content (AvgIpc) is 2.85. The average molecular weight is 265 g/mol. The SMILES string of the molecule is CCNc1nnc(COc2ccc(OC)cc2)s1. The molecule has 0 bridgehead atoms. The maximum Gasteiger partial charge on any atom is 0.205 e. The molecule has 0 unspecified atom stereocenters. The van der Waals surface area contributed by atoms with Crippen LogP contribution < -0.4 is 14.8 Å². The molecule has 0 spiro atoms. The Morgan fingerprint density at radius 2 is 1.89 bits per heavy atom. The zero-order chi connectivity index (χ0) is 12.8.